The molecular formula is C66H72F4N24O5. The van der Waals surface area contributed by atoms with Gasteiger partial charge in [0.1, 0.15) is 70.1 Å². The van der Waals surface area contributed by atoms with Crippen LogP contribution in [0, 0.1) is 33.6 Å². The van der Waals surface area contributed by atoms with Crippen LogP contribution in [0.15, 0.2) is 98.6 Å². The lowest BCUT2D eigenvalue weighted by Crippen LogP contribution is -2.28. The second kappa shape index (κ2) is 28.1. The third-order valence-electron chi connectivity index (χ3n) is 17.6. The Morgan fingerprint density at radius 3 is 1.09 bits per heavy atom. The molecular weight excluding hydrogens is 1280 g/mol. The van der Waals surface area contributed by atoms with Gasteiger partial charge in [-0.05, 0) is 131 Å². The standard InChI is InChI=1S/2C17H18F2N6O.C17H20N6O2.C15H16N6O/c2*1-10-4-7-21-12(8-10)26-16-13-14(20)22-9-23-15(13)25(24-16)11-2-5-17(18,19)6-3-11;1-10-6-7-19-13(8-10)25-17-14-15(18)20-9-21-16(14)23(22-17)11-4-2-3-5-12(11)24;1-9-4-5-17-11(6-9)22-15-12-13(16)18-8-19-14(12)21(20-15)7-10-2-3-10/h2*4,7-9,11H,2-3,5-6H2,1H3,(H2,20,22,23);6-9,11-12,24H,2-5H2,1H3,(H2,18,20,21);4-6,8,10H,2-3,7H2,1H3,(H2,16,18,19)/t;;11-,12-;/m..1./s1. The van der Waals surface area contributed by atoms with E-state index >= 15 is 0 Å². The van der Waals surface area contributed by atoms with Gasteiger partial charge in [-0.3, -0.25) is 0 Å². The number of ether oxygens (including phenoxy) is 4. The summed E-state index contributed by atoms with van der Waals surface area (Å²) in [4.78, 5) is 50.0. The minimum Gasteiger partial charge on any atom is -0.418 e. The molecule has 12 aromatic heterocycles. The maximum Gasteiger partial charge on any atom is 0.253 e. The Labute approximate surface area is 562 Å². The van der Waals surface area contributed by atoms with Crippen molar-refractivity contribution < 1.29 is 41.6 Å². The lowest BCUT2D eigenvalue weighted by atomic mass is 9.92. The first-order chi connectivity index (χ1) is 47.7. The van der Waals surface area contributed by atoms with E-state index in [4.69, 9.17) is 41.9 Å². The minimum absolute atomic E-state index is 0.145. The second-order valence-corrected chi connectivity index (χ2v) is 25.2. The lowest BCUT2D eigenvalue weighted by Gasteiger charge is -2.28. The zero-order valence-electron chi connectivity index (χ0n) is 54.6. The highest BCUT2D eigenvalue weighted by Gasteiger charge is 2.39. The van der Waals surface area contributed by atoms with Crippen molar-refractivity contribution in [2.45, 2.75) is 160 Å². The van der Waals surface area contributed by atoms with Gasteiger partial charge in [-0.2, -0.15) is 0 Å². The van der Waals surface area contributed by atoms with E-state index < -0.39 is 17.9 Å². The molecule has 9 N–H and O–H groups in total. The van der Waals surface area contributed by atoms with Crippen LogP contribution in [0.4, 0.5) is 40.8 Å². The van der Waals surface area contributed by atoms with E-state index in [9.17, 15) is 22.7 Å². The summed E-state index contributed by atoms with van der Waals surface area (Å²) in [6.45, 7) is 8.62. The molecule has 0 bridgehead atoms. The molecule has 99 heavy (non-hydrogen) atoms. The van der Waals surface area contributed by atoms with Crippen LogP contribution in [0.2, 0.25) is 0 Å². The zero-order chi connectivity index (χ0) is 69.1. The van der Waals surface area contributed by atoms with E-state index in [2.05, 4.69) is 80.2 Å². The van der Waals surface area contributed by atoms with Gasteiger partial charge in [0.25, 0.3) is 23.5 Å². The Morgan fingerprint density at radius 1 is 0.414 bits per heavy atom. The molecule has 4 fully saturated rings. The molecule has 0 aliphatic heterocycles. The first-order valence-corrected chi connectivity index (χ1v) is 32.5. The van der Waals surface area contributed by atoms with Crippen LogP contribution < -0.4 is 41.9 Å². The SMILES string of the molecule is Cc1ccnc(Oc2nn(C3CCC(F)(F)CC3)c3ncnc(N)c23)c1.Cc1ccnc(Oc2nn(C3CCC(F)(F)CC3)c3ncnc(N)c23)c1.Cc1ccnc(Oc2nn(CC3CC3)c3ncnc(N)c23)c1.Cc1ccnc(Oc2nn([C@@H]3CCCC[C@H]3O)c3ncnc(N)c23)c1. The van der Waals surface area contributed by atoms with Crippen molar-refractivity contribution >= 4 is 67.4 Å². The summed E-state index contributed by atoms with van der Waals surface area (Å²) in [7, 11) is 0. The molecule has 0 radical (unpaired) electrons. The summed E-state index contributed by atoms with van der Waals surface area (Å²) in [5.41, 5.74) is 30.4. The van der Waals surface area contributed by atoms with Gasteiger partial charge in [0.15, 0.2) is 22.6 Å². The van der Waals surface area contributed by atoms with Crippen molar-refractivity contribution in [1.29, 1.82) is 0 Å². The number of anilines is 4. The van der Waals surface area contributed by atoms with E-state index in [1.54, 1.807) is 51.0 Å². The van der Waals surface area contributed by atoms with Gasteiger partial charge < -0.3 is 47.0 Å². The normalized spacial score (nSPS) is 17.6. The van der Waals surface area contributed by atoms with Crippen molar-refractivity contribution in [3.05, 3.63) is 121 Å². The van der Waals surface area contributed by atoms with Crippen molar-refractivity contribution in [2.75, 3.05) is 22.9 Å². The fourth-order valence-electron chi connectivity index (χ4n) is 12.2. The number of aliphatic hydroxyl groups is 1. The van der Waals surface area contributed by atoms with Gasteiger partial charge in [-0.15, -0.1) is 20.4 Å². The molecule has 0 saturated heterocycles. The van der Waals surface area contributed by atoms with E-state index in [1.807, 2.05) is 68.8 Å². The molecule has 0 aromatic carbocycles. The van der Waals surface area contributed by atoms with Gasteiger partial charge >= 0.3 is 0 Å². The van der Waals surface area contributed by atoms with E-state index in [0.29, 0.717) is 123 Å². The van der Waals surface area contributed by atoms with Crippen molar-refractivity contribution in [1.82, 2.24) is 98.9 Å². The number of hydrogen-bond donors (Lipinski definition) is 5. The van der Waals surface area contributed by atoms with Crippen LogP contribution in [0.3, 0.4) is 0 Å². The van der Waals surface area contributed by atoms with Crippen molar-refractivity contribution in [2.24, 2.45) is 5.92 Å². The van der Waals surface area contributed by atoms with Gasteiger partial charge in [0, 0.05) is 81.3 Å². The number of pyridine rings is 4. The topological polar surface area (TPSA) is 387 Å². The summed E-state index contributed by atoms with van der Waals surface area (Å²) in [5, 5.41) is 30.6. The van der Waals surface area contributed by atoms with E-state index in [1.165, 1.54) is 38.2 Å². The molecule has 4 aliphatic carbocycles. The number of aromatic nitrogens is 20. The third-order valence-corrected chi connectivity index (χ3v) is 17.6. The first kappa shape index (κ1) is 66.5. The predicted octanol–water partition coefficient (Wildman–Crippen LogP) is 12.0. The number of aryl methyl sites for hydroxylation is 4. The molecule has 29 nitrogen and oxygen atoms in total. The first-order valence-electron chi connectivity index (χ1n) is 32.5. The fourth-order valence-corrected chi connectivity index (χ4v) is 12.2. The molecule has 514 valence electrons. The molecule has 0 spiro atoms. The largest absolute Gasteiger partial charge is 0.418 e. The van der Waals surface area contributed by atoms with Crippen LogP contribution >= 0.6 is 0 Å². The van der Waals surface area contributed by atoms with Crippen molar-refractivity contribution in [3.63, 3.8) is 0 Å². The number of alkyl halides is 4. The summed E-state index contributed by atoms with van der Waals surface area (Å²) in [6.07, 6.45) is 18.4. The number of rotatable bonds is 13. The number of nitrogens with zero attached hydrogens (tertiary/aromatic N) is 20. The Morgan fingerprint density at radius 2 is 0.737 bits per heavy atom. The Hall–Kier alpha value is -11.1. The molecule has 0 amide bonds. The molecule has 2 atom stereocenters. The molecule has 33 heteroatoms. The Kier molecular flexibility index (Phi) is 18.9. The highest BCUT2D eigenvalue weighted by molar-refractivity contribution is 5.93. The summed E-state index contributed by atoms with van der Waals surface area (Å²) in [6, 6.07) is 14.2. The second-order valence-electron chi connectivity index (χ2n) is 25.2. The number of nitrogens with two attached hydrogens (primary N) is 4. The minimum atomic E-state index is -2.61. The smallest absolute Gasteiger partial charge is 0.253 e. The average molecular weight is 1360 g/mol. The number of fused-ring (bicyclic) bond motifs is 4. The van der Waals surface area contributed by atoms with Crippen LogP contribution in [-0.4, -0.2) is 122 Å². The van der Waals surface area contributed by atoms with Gasteiger partial charge in [0.05, 0.1) is 24.2 Å². The highest BCUT2D eigenvalue weighted by Crippen LogP contribution is 2.44. The van der Waals surface area contributed by atoms with Crippen molar-refractivity contribution in [3.8, 4) is 47.0 Å². The van der Waals surface area contributed by atoms with Crippen LogP contribution in [0.5, 0.6) is 47.0 Å². The number of aliphatic hydroxyl groups excluding tert-OH is 1. The monoisotopic (exact) mass is 1360 g/mol. The Balaban J connectivity index is 0.000000119. The van der Waals surface area contributed by atoms with Crippen LogP contribution in [0.25, 0.3) is 44.1 Å². The molecule has 4 saturated carbocycles. The zero-order valence-corrected chi connectivity index (χ0v) is 54.6. The summed E-state index contributed by atoms with van der Waals surface area (Å²) in [5.74, 6) is -0.599. The third kappa shape index (κ3) is 15.2. The maximum absolute atomic E-state index is 13.5. The number of halogens is 4. The molecule has 0 unspecified atom stereocenters. The quantitative estimate of drug-likeness (QED) is 0.0669. The molecule has 12 aromatic rings. The lowest BCUT2D eigenvalue weighted by molar-refractivity contribution is -0.0452. The fraction of sp³-hybridized carbons (Fsp3) is 0.394. The molecule has 16 rings (SSSR count). The molecule has 12 heterocycles. The van der Waals surface area contributed by atoms with Crippen LogP contribution in [-0.2, 0) is 6.54 Å². The maximum atomic E-state index is 13.5. The number of hydrogen-bond acceptors (Lipinski definition) is 25. The molecule has 4 aliphatic rings. The average Bonchev–Trinajstić information content (AvgIpc) is 1.65. The van der Waals surface area contributed by atoms with Crippen LogP contribution in [0.1, 0.15) is 130 Å². The summed E-state index contributed by atoms with van der Waals surface area (Å²) >= 11 is 0. The van der Waals surface area contributed by atoms with Gasteiger partial charge in [-0.25, -0.2) is 96.1 Å². The van der Waals surface area contributed by atoms with Gasteiger partial charge in [0.2, 0.25) is 35.4 Å². The van der Waals surface area contributed by atoms with E-state index in [-0.39, 0.29) is 67.2 Å². The van der Waals surface area contributed by atoms with E-state index in [0.717, 1.165) is 54.5 Å². The summed E-state index contributed by atoms with van der Waals surface area (Å²) < 4.78 is 84.2. The number of nitrogen functional groups attached to an aromatic ring is 4. The highest BCUT2D eigenvalue weighted by atomic mass is 19.3. The van der Waals surface area contributed by atoms with Gasteiger partial charge in [-0.1, -0.05) is 12.8 Å². The predicted molar refractivity (Wildman–Crippen MR) is 356 cm³/mol. The Bertz CT molecular complexity index is 4700.